The summed E-state index contributed by atoms with van der Waals surface area (Å²) in [5.41, 5.74) is 1.26. The third-order valence-corrected chi connectivity index (χ3v) is 9.14. The van der Waals surface area contributed by atoms with Crippen LogP contribution in [0.25, 0.3) is 10.9 Å². The molecular formula is C27H29N2O3P. The standard InChI is InChI=1S/C27H29N2O3P/c1-4-28(5-2)27(30)25-26(23-18-12-13-19-24(23)29(25)20-32-3)33(31,21-14-8-6-9-15-21)22-16-10-7-11-17-22/h6-19H,4-5,20H2,1-3H3. The van der Waals surface area contributed by atoms with Crippen molar-refractivity contribution in [1.82, 2.24) is 9.47 Å². The lowest BCUT2D eigenvalue weighted by Gasteiger charge is -2.24. The number of para-hydroxylation sites is 1. The molecule has 4 rings (SSSR count). The van der Waals surface area contributed by atoms with Gasteiger partial charge in [0.25, 0.3) is 5.91 Å². The molecule has 0 spiro atoms. The second kappa shape index (κ2) is 9.78. The van der Waals surface area contributed by atoms with Crippen molar-refractivity contribution in [3.8, 4) is 0 Å². The smallest absolute Gasteiger partial charge is 0.271 e. The van der Waals surface area contributed by atoms with Crippen molar-refractivity contribution in [2.45, 2.75) is 20.6 Å². The van der Waals surface area contributed by atoms with E-state index >= 15 is 4.57 Å². The molecule has 6 heteroatoms. The quantitative estimate of drug-likeness (QED) is 0.367. The molecule has 0 aliphatic heterocycles. The summed E-state index contributed by atoms with van der Waals surface area (Å²) >= 11 is 0. The van der Waals surface area contributed by atoms with Gasteiger partial charge in [0, 0.05) is 36.2 Å². The molecule has 0 saturated carbocycles. The predicted molar refractivity (Wildman–Crippen MR) is 136 cm³/mol. The average molecular weight is 461 g/mol. The van der Waals surface area contributed by atoms with Crippen LogP contribution in [0.3, 0.4) is 0 Å². The normalized spacial score (nSPS) is 11.6. The Labute approximate surface area is 195 Å². The molecule has 1 aromatic heterocycles. The Morgan fingerprint density at radius 3 is 1.88 bits per heavy atom. The highest BCUT2D eigenvalue weighted by atomic mass is 31.2. The van der Waals surface area contributed by atoms with Gasteiger partial charge in [-0.2, -0.15) is 0 Å². The van der Waals surface area contributed by atoms with E-state index in [4.69, 9.17) is 4.74 Å². The summed E-state index contributed by atoms with van der Waals surface area (Å²) in [6.45, 7) is 5.22. The lowest BCUT2D eigenvalue weighted by Crippen LogP contribution is -2.37. The maximum Gasteiger partial charge on any atom is 0.271 e. The van der Waals surface area contributed by atoms with Gasteiger partial charge in [-0.15, -0.1) is 0 Å². The second-order valence-electron chi connectivity index (χ2n) is 7.82. The van der Waals surface area contributed by atoms with Gasteiger partial charge in [0.2, 0.25) is 0 Å². The largest absolute Gasteiger partial charge is 0.364 e. The number of fused-ring (bicyclic) bond motifs is 1. The van der Waals surface area contributed by atoms with Gasteiger partial charge in [0.1, 0.15) is 12.4 Å². The summed E-state index contributed by atoms with van der Waals surface area (Å²) < 4.78 is 22.7. The van der Waals surface area contributed by atoms with E-state index in [9.17, 15) is 4.79 Å². The minimum atomic E-state index is -3.40. The highest BCUT2D eigenvalue weighted by Crippen LogP contribution is 2.46. The van der Waals surface area contributed by atoms with Crippen LogP contribution in [0.4, 0.5) is 0 Å². The molecule has 1 heterocycles. The van der Waals surface area contributed by atoms with Crippen LogP contribution in [0.2, 0.25) is 0 Å². The summed E-state index contributed by atoms with van der Waals surface area (Å²) in [7, 11) is -1.80. The van der Waals surface area contributed by atoms with Crippen molar-refractivity contribution in [3.05, 3.63) is 90.6 Å². The van der Waals surface area contributed by atoms with Crippen LogP contribution in [-0.4, -0.2) is 35.6 Å². The lowest BCUT2D eigenvalue weighted by molar-refractivity contribution is 0.0741. The van der Waals surface area contributed by atoms with Crippen molar-refractivity contribution in [3.63, 3.8) is 0 Å². The number of hydrogen-bond donors (Lipinski definition) is 0. The van der Waals surface area contributed by atoms with Crippen molar-refractivity contribution in [2.24, 2.45) is 0 Å². The van der Waals surface area contributed by atoms with Crippen molar-refractivity contribution >= 4 is 39.9 Å². The zero-order valence-corrected chi connectivity index (χ0v) is 20.2. The number of carbonyl (C=O) groups is 1. The minimum absolute atomic E-state index is 0.143. The molecule has 0 radical (unpaired) electrons. The first-order chi connectivity index (χ1) is 16.1. The van der Waals surface area contributed by atoms with Crippen LogP contribution in [0.5, 0.6) is 0 Å². The van der Waals surface area contributed by atoms with E-state index in [1.807, 2.05) is 103 Å². The van der Waals surface area contributed by atoms with Gasteiger partial charge < -0.3 is 18.8 Å². The van der Waals surface area contributed by atoms with Gasteiger partial charge in [-0.05, 0) is 19.9 Å². The van der Waals surface area contributed by atoms with Gasteiger partial charge in [-0.25, -0.2) is 0 Å². The van der Waals surface area contributed by atoms with Gasteiger partial charge in [0.15, 0.2) is 7.14 Å². The number of hydrogen-bond acceptors (Lipinski definition) is 3. The van der Waals surface area contributed by atoms with Crippen LogP contribution in [0.1, 0.15) is 24.3 Å². The molecule has 4 aromatic rings. The second-order valence-corrected chi connectivity index (χ2v) is 10.5. The van der Waals surface area contributed by atoms with E-state index in [0.29, 0.717) is 34.7 Å². The number of methoxy groups -OCH3 is 1. The summed E-state index contributed by atoms with van der Waals surface area (Å²) in [4.78, 5) is 15.7. The lowest BCUT2D eigenvalue weighted by atomic mass is 10.2. The monoisotopic (exact) mass is 460 g/mol. The molecule has 0 atom stereocenters. The van der Waals surface area contributed by atoms with E-state index in [0.717, 1.165) is 10.9 Å². The molecule has 0 bridgehead atoms. The maximum absolute atomic E-state index is 15.3. The van der Waals surface area contributed by atoms with Crippen molar-refractivity contribution < 1.29 is 14.1 Å². The Kier molecular flexibility index (Phi) is 6.83. The predicted octanol–water partition coefficient (Wildman–Crippen LogP) is 4.37. The maximum atomic E-state index is 15.3. The van der Waals surface area contributed by atoms with Crippen LogP contribution < -0.4 is 15.9 Å². The number of nitrogens with zero attached hydrogens (tertiary/aromatic N) is 2. The molecule has 33 heavy (non-hydrogen) atoms. The first-order valence-electron chi connectivity index (χ1n) is 11.2. The molecule has 0 aliphatic rings. The fraction of sp³-hybridized carbons (Fsp3) is 0.222. The Bertz CT molecular complexity index is 1250. The van der Waals surface area contributed by atoms with E-state index in [-0.39, 0.29) is 12.6 Å². The summed E-state index contributed by atoms with van der Waals surface area (Å²) in [6.07, 6.45) is 0. The van der Waals surface area contributed by atoms with Crippen LogP contribution >= 0.6 is 7.14 Å². The Balaban J connectivity index is 2.18. The van der Waals surface area contributed by atoms with Crippen LogP contribution in [0.15, 0.2) is 84.9 Å². The van der Waals surface area contributed by atoms with Gasteiger partial charge >= 0.3 is 0 Å². The molecule has 0 fully saturated rings. The highest BCUT2D eigenvalue weighted by Gasteiger charge is 2.39. The first-order valence-corrected chi connectivity index (χ1v) is 12.9. The summed E-state index contributed by atoms with van der Waals surface area (Å²) in [5, 5.41) is 2.78. The first kappa shape index (κ1) is 23.0. The number of rotatable bonds is 8. The molecule has 0 N–H and O–H groups in total. The molecule has 170 valence electrons. The van der Waals surface area contributed by atoms with Crippen molar-refractivity contribution in [1.29, 1.82) is 0 Å². The van der Waals surface area contributed by atoms with E-state index in [1.165, 1.54) is 0 Å². The fourth-order valence-corrected chi connectivity index (χ4v) is 7.47. The summed E-state index contributed by atoms with van der Waals surface area (Å²) in [5.74, 6) is -0.143. The molecular weight excluding hydrogens is 431 g/mol. The fourth-order valence-electron chi connectivity index (χ4n) is 4.43. The number of ether oxygens (including phenoxy) is 1. The van der Waals surface area contributed by atoms with Gasteiger partial charge in [0.05, 0.1) is 10.8 Å². The highest BCUT2D eigenvalue weighted by molar-refractivity contribution is 7.85. The minimum Gasteiger partial charge on any atom is -0.364 e. The molecule has 3 aromatic carbocycles. The molecule has 1 amide bonds. The third-order valence-electron chi connectivity index (χ3n) is 6.01. The Morgan fingerprint density at radius 1 is 0.848 bits per heavy atom. The number of carbonyl (C=O) groups excluding carboxylic acids is 1. The topological polar surface area (TPSA) is 51.5 Å². The van der Waals surface area contributed by atoms with Gasteiger partial charge in [-0.3, -0.25) is 4.79 Å². The Morgan fingerprint density at radius 2 is 1.36 bits per heavy atom. The number of benzene rings is 3. The molecule has 5 nitrogen and oxygen atoms in total. The Hall–Kier alpha value is -3.14. The zero-order chi connectivity index (χ0) is 23.4. The van der Waals surface area contributed by atoms with Crippen LogP contribution in [-0.2, 0) is 16.0 Å². The van der Waals surface area contributed by atoms with Crippen LogP contribution in [0, 0.1) is 0 Å². The zero-order valence-electron chi connectivity index (χ0n) is 19.3. The van der Waals surface area contributed by atoms with Gasteiger partial charge in [-0.1, -0.05) is 78.9 Å². The van der Waals surface area contributed by atoms with Crippen molar-refractivity contribution in [2.75, 3.05) is 20.2 Å². The molecule has 0 saturated heterocycles. The van der Waals surface area contributed by atoms with E-state index in [1.54, 1.807) is 12.0 Å². The number of amides is 1. The van der Waals surface area contributed by atoms with E-state index in [2.05, 4.69) is 0 Å². The molecule has 0 unspecified atom stereocenters. The third kappa shape index (κ3) is 3.92. The summed E-state index contributed by atoms with van der Waals surface area (Å²) in [6, 6.07) is 26.7. The number of aromatic nitrogens is 1. The SMILES string of the molecule is CCN(CC)C(=O)c1c(P(=O)(c2ccccc2)c2ccccc2)c2ccccc2n1COC. The average Bonchev–Trinajstić information content (AvgIpc) is 3.20. The van der Waals surface area contributed by atoms with E-state index < -0.39 is 7.14 Å². The molecule has 0 aliphatic carbocycles.